The molecule has 108 valence electrons. The Morgan fingerprint density at radius 1 is 1.40 bits per heavy atom. The van der Waals surface area contributed by atoms with Crippen LogP contribution in [0.4, 0.5) is 0 Å². The van der Waals surface area contributed by atoms with Gasteiger partial charge in [-0.05, 0) is 30.5 Å². The summed E-state index contributed by atoms with van der Waals surface area (Å²) in [6, 6.07) is 5.41. The van der Waals surface area contributed by atoms with Gasteiger partial charge in [0.15, 0.2) is 0 Å². The van der Waals surface area contributed by atoms with Gasteiger partial charge >= 0.3 is 0 Å². The molecule has 1 aromatic heterocycles. The zero-order valence-electron chi connectivity index (χ0n) is 12.2. The molecular formula is C15H20ClN3O. The molecular weight excluding hydrogens is 274 g/mol. The van der Waals surface area contributed by atoms with Crippen LogP contribution < -0.4 is 10.9 Å². The summed E-state index contributed by atoms with van der Waals surface area (Å²) in [5, 5.41) is 4.52. The van der Waals surface area contributed by atoms with E-state index in [0.29, 0.717) is 34.3 Å². The highest BCUT2D eigenvalue weighted by Gasteiger charge is 2.19. The molecule has 1 aromatic carbocycles. The number of rotatable bonds is 3. The second kappa shape index (κ2) is 5.54. The lowest BCUT2D eigenvalue weighted by atomic mass is 9.88. The molecule has 0 aliphatic heterocycles. The molecule has 0 fully saturated rings. The molecule has 0 saturated carbocycles. The topological polar surface area (TPSA) is 57.8 Å². The van der Waals surface area contributed by atoms with Crippen LogP contribution in [0.1, 0.15) is 33.5 Å². The summed E-state index contributed by atoms with van der Waals surface area (Å²) in [4.78, 5) is 19.2. The third-order valence-corrected chi connectivity index (χ3v) is 3.83. The minimum atomic E-state index is -0.133. The molecule has 1 heterocycles. The molecule has 0 amide bonds. The lowest BCUT2D eigenvalue weighted by molar-refractivity contribution is 0.283. The Hall–Kier alpha value is -1.39. The molecule has 0 aliphatic carbocycles. The molecule has 20 heavy (non-hydrogen) atoms. The number of aromatic amines is 1. The average Bonchev–Trinajstić information content (AvgIpc) is 2.34. The minimum absolute atomic E-state index is 0.133. The van der Waals surface area contributed by atoms with Gasteiger partial charge in [0, 0.05) is 11.1 Å². The van der Waals surface area contributed by atoms with Crippen LogP contribution in [-0.4, -0.2) is 16.0 Å². The Morgan fingerprint density at radius 3 is 2.75 bits per heavy atom. The van der Waals surface area contributed by atoms with E-state index < -0.39 is 0 Å². The van der Waals surface area contributed by atoms with Crippen molar-refractivity contribution in [3.05, 3.63) is 39.4 Å². The molecule has 0 radical (unpaired) electrons. The maximum absolute atomic E-state index is 12.0. The second-order valence-corrected chi connectivity index (χ2v) is 6.58. The highest BCUT2D eigenvalue weighted by atomic mass is 35.5. The van der Waals surface area contributed by atoms with Crippen molar-refractivity contribution < 1.29 is 0 Å². The Balaban J connectivity index is 2.26. The molecule has 5 heteroatoms. The molecule has 2 aromatic rings. The number of halogens is 1. The molecule has 0 aliphatic rings. The van der Waals surface area contributed by atoms with Crippen LogP contribution in [0.25, 0.3) is 10.9 Å². The van der Waals surface area contributed by atoms with E-state index >= 15 is 0 Å². The van der Waals surface area contributed by atoms with Crippen LogP contribution in [0.15, 0.2) is 23.0 Å². The Labute approximate surface area is 123 Å². The largest absolute Gasteiger partial charge is 0.309 e. The number of H-pyrrole nitrogens is 1. The van der Waals surface area contributed by atoms with Crippen molar-refractivity contribution in [2.45, 2.75) is 40.3 Å². The van der Waals surface area contributed by atoms with Crippen molar-refractivity contribution in [2.24, 2.45) is 5.41 Å². The van der Waals surface area contributed by atoms with Gasteiger partial charge in [0.25, 0.3) is 5.56 Å². The third kappa shape index (κ3) is 3.38. The highest BCUT2D eigenvalue weighted by Crippen LogP contribution is 2.19. The van der Waals surface area contributed by atoms with Gasteiger partial charge in [-0.15, -0.1) is 0 Å². The van der Waals surface area contributed by atoms with Crippen molar-refractivity contribution in [2.75, 3.05) is 0 Å². The number of benzene rings is 1. The molecule has 0 spiro atoms. The fourth-order valence-electron chi connectivity index (χ4n) is 1.80. The lowest BCUT2D eigenvalue weighted by Crippen LogP contribution is -2.37. The lowest BCUT2D eigenvalue weighted by Gasteiger charge is -2.28. The molecule has 0 bridgehead atoms. The molecule has 4 nitrogen and oxygen atoms in total. The predicted octanol–water partition coefficient (Wildman–Crippen LogP) is 3.10. The standard InChI is InChI=1S/C15H20ClN3O/c1-9(15(2,3)4)17-8-13-18-12-7-10(16)5-6-11(12)14(20)19-13/h5-7,9,17H,8H2,1-4H3,(H,18,19,20). The predicted molar refractivity (Wildman–Crippen MR) is 83.1 cm³/mol. The number of aromatic nitrogens is 2. The summed E-state index contributed by atoms with van der Waals surface area (Å²) in [6.07, 6.45) is 0. The van der Waals surface area contributed by atoms with Crippen LogP contribution >= 0.6 is 11.6 Å². The van der Waals surface area contributed by atoms with E-state index in [-0.39, 0.29) is 11.0 Å². The molecule has 1 unspecified atom stereocenters. The van der Waals surface area contributed by atoms with E-state index in [0.717, 1.165) is 0 Å². The van der Waals surface area contributed by atoms with Gasteiger partial charge < -0.3 is 10.3 Å². The maximum atomic E-state index is 12.0. The first kappa shape index (κ1) is 15.0. The van der Waals surface area contributed by atoms with Crippen molar-refractivity contribution in [1.82, 2.24) is 15.3 Å². The molecule has 2 N–H and O–H groups in total. The molecule has 1 atom stereocenters. The normalized spacial score (nSPS) is 13.7. The summed E-state index contributed by atoms with van der Waals surface area (Å²) < 4.78 is 0. The molecule has 0 saturated heterocycles. The van der Waals surface area contributed by atoms with Crippen molar-refractivity contribution in [1.29, 1.82) is 0 Å². The summed E-state index contributed by atoms with van der Waals surface area (Å²) in [5.41, 5.74) is 0.647. The first-order valence-electron chi connectivity index (χ1n) is 6.69. The van der Waals surface area contributed by atoms with E-state index in [4.69, 9.17) is 11.6 Å². The van der Waals surface area contributed by atoms with Crippen LogP contribution in [-0.2, 0) is 6.54 Å². The van der Waals surface area contributed by atoms with Gasteiger partial charge in [-0.3, -0.25) is 4.79 Å². The first-order valence-corrected chi connectivity index (χ1v) is 7.07. The van der Waals surface area contributed by atoms with Gasteiger partial charge in [-0.2, -0.15) is 0 Å². The van der Waals surface area contributed by atoms with Gasteiger partial charge in [0.1, 0.15) is 5.82 Å². The van der Waals surface area contributed by atoms with E-state index in [1.165, 1.54) is 0 Å². The van der Waals surface area contributed by atoms with E-state index in [9.17, 15) is 4.79 Å². The number of hydrogen-bond donors (Lipinski definition) is 2. The summed E-state index contributed by atoms with van der Waals surface area (Å²) >= 11 is 5.94. The Bertz CT molecular complexity index is 673. The van der Waals surface area contributed by atoms with Crippen molar-refractivity contribution in [3.8, 4) is 0 Å². The minimum Gasteiger partial charge on any atom is -0.309 e. The Morgan fingerprint density at radius 2 is 2.10 bits per heavy atom. The monoisotopic (exact) mass is 293 g/mol. The summed E-state index contributed by atoms with van der Waals surface area (Å²) in [5.74, 6) is 0.626. The van der Waals surface area contributed by atoms with Crippen LogP contribution in [0.3, 0.4) is 0 Å². The SMILES string of the molecule is CC(NCc1nc2cc(Cl)ccc2c(=O)[nH]1)C(C)(C)C. The van der Waals surface area contributed by atoms with Gasteiger partial charge in [-0.1, -0.05) is 32.4 Å². The van der Waals surface area contributed by atoms with Gasteiger partial charge in [-0.25, -0.2) is 4.98 Å². The zero-order chi connectivity index (χ0) is 14.9. The number of nitrogens with zero attached hydrogens (tertiary/aromatic N) is 1. The van der Waals surface area contributed by atoms with Crippen LogP contribution in [0.5, 0.6) is 0 Å². The zero-order valence-corrected chi connectivity index (χ0v) is 13.0. The van der Waals surface area contributed by atoms with E-state index in [2.05, 4.69) is 43.0 Å². The van der Waals surface area contributed by atoms with E-state index in [1.807, 2.05) is 0 Å². The number of fused-ring (bicyclic) bond motifs is 1. The quantitative estimate of drug-likeness (QED) is 0.914. The van der Waals surface area contributed by atoms with E-state index in [1.54, 1.807) is 18.2 Å². The summed E-state index contributed by atoms with van der Waals surface area (Å²) in [7, 11) is 0. The summed E-state index contributed by atoms with van der Waals surface area (Å²) in [6.45, 7) is 9.15. The number of hydrogen-bond acceptors (Lipinski definition) is 3. The van der Waals surface area contributed by atoms with Crippen molar-refractivity contribution >= 4 is 22.5 Å². The van der Waals surface area contributed by atoms with Gasteiger partial charge in [0.05, 0.1) is 17.4 Å². The van der Waals surface area contributed by atoms with Gasteiger partial charge in [0.2, 0.25) is 0 Å². The smallest absolute Gasteiger partial charge is 0.258 e. The fourth-order valence-corrected chi connectivity index (χ4v) is 1.97. The maximum Gasteiger partial charge on any atom is 0.258 e. The fraction of sp³-hybridized carbons (Fsp3) is 0.467. The Kier molecular flexibility index (Phi) is 4.16. The number of nitrogens with one attached hydrogen (secondary N) is 2. The van der Waals surface area contributed by atoms with Crippen LogP contribution in [0, 0.1) is 5.41 Å². The third-order valence-electron chi connectivity index (χ3n) is 3.59. The highest BCUT2D eigenvalue weighted by molar-refractivity contribution is 6.31. The average molecular weight is 294 g/mol. The van der Waals surface area contributed by atoms with Crippen LogP contribution in [0.2, 0.25) is 5.02 Å². The first-order chi connectivity index (χ1) is 9.27. The van der Waals surface area contributed by atoms with Crippen molar-refractivity contribution in [3.63, 3.8) is 0 Å². The second-order valence-electron chi connectivity index (χ2n) is 6.14. The molecule has 2 rings (SSSR count).